The lowest BCUT2D eigenvalue weighted by Crippen LogP contribution is -2.41. The van der Waals surface area contributed by atoms with Crippen molar-refractivity contribution in [3.63, 3.8) is 0 Å². The molecule has 206 valence electrons. The monoisotopic (exact) mass is 599 g/mol. The molecule has 7 nitrogen and oxygen atoms in total. The third-order valence-corrected chi connectivity index (χ3v) is 9.98. The van der Waals surface area contributed by atoms with Crippen molar-refractivity contribution < 1.29 is 23.6 Å². The van der Waals surface area contributed by atoms with Gasteiger partial charge < -0.3 is 20.1 Å². The molecule has 1 unspecified atom stereocenters. The van der Waals surface area contributed by atoms with Gasteiger partial charge in [-0.25, -0.2) is 9.37 Å². The molecule has 1 atom stereocenters. The Kier molecular flexibility index (Phi) is 6.19. The van der Waals surface area contributed by atoms with Gasteiger partial charge in [0.2, 0.25) is 5.91 Å². The number of fused-ring (bicyclic) bond motifs is 3. The summed E-state index contributed by atoms with van der Waals surface area (Å²) < 4.78 is 27.2. The second-order valence-electron chi connectivity index (χ2n) is 10.9. The summed E-state index contributed by atoms with van der Waals surface area (Å²) in [5.74, 6) is 0.752. The summed E-state index contributed by atoms with van der Waals surface area (Å²) in [5, 5.41) is 17.1. The maximum absolute atomic E-state index is 14.6. The Morgan fingerprint density at radius 3 is 2.67 bits per heavy atom. The first-order valence-electron chi connectivity index (χ1n) is 13.1. The fourth-order valence-electron chi connectivity index (χ4n) is 5.95. The molecule has 2 aromatic heterocycles. The summed E-state index contributed by atoms with van der Waals surface area (Å²) >= 11 is 14.2. The standard InChI is InChI=1S/C29H24Cl2FN3O4S/c30-17-2-1-3-18(31)22(17)23-16(25(39-35-23)13-4-5-13)12-38-20-6-7-29(10-15(20)11-29)26(36)28-34-24-19(32)8-14(27(33)37)9-21(24)40-28/h1-3,8-9,13,26,36H,4-7,10-12H2,(H2,33,37). The number of thiazole rings is 1. The van der Waals surface area contributed by atoms with Gasteiger partial charge in [-0.05, 0) is 61.9 Å². The van der Waals surface area contributed by atoms with Crippen LogP contribution < -0.4 is 5.73 Å². The highest BCUT2D eigenvalue weighted by Gasteiger charge is 2.52. The number of nitrogens with zero attached hydrogens (tertiary/aromatic N) is 2. The van der Waals surface area contributed by atoms with Crippen LogP contribution in [0.25, 0.3) is 21.5 Å². The summed E-state index contributed by atoms with van der Waals surface area (Å²) in [5.41, 5.74) is 8.46. The van der Waals surface area contributed by atoms with Gasteiger partial charge in [-0.3, -0.25) is 4.79 Å². The second kappa shape index (κ2) is 9.55. The van der Waals surface area contributed by atoms with E-state index in [4.69, 9.17) is 38.2 Å². The number of allylic oxidation sites excluding steroid dienone is 2. The summed E-state index contributed by atoms with van der Waals surface area (Å²) in [4.78, 5) is 15.9. The van der Waals surface area contributed by atoms with E-state index in [1.165, 1.54) is 17.4 Å². The summed E-state index contributed by atoms with van der Waals surface area (Å²) in [6.07, 6.45) is 3.98. The number of aliphatic hydroxyl groups is 1. The molecule has 0 radical (unpaired) electrons. The molecule has 4 aliphatic rings. The number of aromatic nitrogens is 2. The van der Waals surface area contributed by atoms with Crippen molar-refractivity contribution in [2.24, 2.45) is 11.1 Å². The second-order valence-corrected chi connectivity index (χ2v) is 12.8. The number of amides is 1. The third-order valence-electron chi connectivity index (χ3n) is 8.30. The molecule has 2 saturated carbocycles. The van der Waals surface area contributed by atoms with E-state index in [1.807, 2.05) is 0 Å². The van der Waals surface area contributed by atoms with E-state index in [9.17, 15) is 14.3 Å². The molecule has 4 aromatic rings. The normalized spacial score (nSPS) is 18.6. The van der Waals surface area contributed by atoms with E-state index in [0.29, 0.717) is 69.2 Å². The Morgan fingerprint density at radius 2 is 2.02 bits per heavy atom. The van der Waals surface area contributed by atoms with Crippen LogP contribution in [-0.4, -0.2) is 21.2 Å². The first-order chi connectivity index (χ1) is 19.2. The van der Waals surface area contributed by atoms with Gasteiger partial charge in [0, 0.05) is 28.9 Å². The number of hydrogen-bond donors (Lipinski definition) is 2. The topological polar surface area (TPSA) is 111 Å². The number of carbonyl (C=O) groups is 1. The van der Waals surface area contributed by atoms with E-state index in [2.05, 4.69) is 10.1 Å². The lowest BCUT2D eigenvalue weighted by atomic mass is 9.56. The van der Waals surface area contributed by atoms with Crippen LogP contribution in [0.5, 0.6) is 0 Å². The van der Waals surface area contributed by atoms with Crippen LogP contribution in [0.2, 0.25) is 10.0 Å². The zero-order valence-corrected chi connectivity index (χ0v) is 23.5. The highest BCUT2D eigenvalue weighted by atomic mass is 35.5. The molecule has 11 heteroatoms. The molecule has 3 N–H and O–H groups in total. The number of halogens is 3. The third kappa shape index (κ3) is 4.22. The summed E-state index contributed by atoms with van der Waals surface area (Å²) in [6, 6.07) is 7.96. The minimum atomic E-state index is -0.847. The van der Waals surface area contributed by atoms with Crippen LogP contribution in [-0.2, 0) is 11.3 Å². The van der Waals surface area contributed by atoms with Crippen molar-refractivity contribution in [2.75, 3.05) is 0 Å². The molecule has 2 bridgehead atoms. The largest absolute Gasteiger partial charge is 0.493 e. The van der Waals surface area contributed by atoms with Gasteiger partial charge in [-0.1, -0.05) is 34.4 Å². The molecule has 2 heterocycles. The number of aliphatic hydroxyl groups excluding tert-OH is 1. The van der Waals surface area contributed by atoms with Gasteiger partial charge in [-0.2, -0.15) is 0 Å². The maximum Gasteiger partial charge on any atom is 0.248 e. The smallest absolute Gasteiger partial charge is 0.248 e. The number of benzene rings is 2. The molecule has 2 fully saturated rings. The van der Waals surface area contributed by atoms with Gasteiger partial charge in [0.05, 0.1) is 26.1 Å². The van der Waals surface area contributed by atoms with Crippen LogP contribution in [0, 0.1) is 11.2 Å². The van der Waals surface area contributed by atoms with Crippen molar-refractivity contribution in [1.82, 2.24) is 10.1 Å². The molecule has 4 aliphatic carbocycles. The Balaban J connectivity index is 1.11. The predicted molar refractivity (Wildman–Crippen MR) is 150 cm³/mol. The summed E-state index contributed by atoms with van der Waals surface area (Å²) in [6.45, 7) is 0.292. The lowest BCUT2D eigenvalue weighted by Gasteiger charge is -2.51. The Hall–Kier alpha value is -2.98. The Morgan fingerprint density at radius 1 is 1.27 bits per heavy atom. The van der Waals surface area contributed by atoms with Crippen LogP contribution in [0.4, 0.5) is 4.39 Å². The zero-order chi connectivity index (χ0) is 27.8. The zero-order valence-electron chi connectivity index (χ0n) is 21.2. The molecule has 8 rings (SSSR count). The van der Waals surface area contributed by atoms with Crippen LogP contribution in [0.15, 0.2) is 46.2 Å². The first kappa shape index (κ1) is 26.0. The minimum absolute atomic E-state index is 0.0822. The number of rotatable bonds is 8. The molecular formula is C29H24Cl2FN3O4S. The van der Waals surface area contributed by atoms with Crippen LogP contribution in [0.3, 0.4) is 0 Å². The number of ether oxygens (including phenoxy) is 1. The van der Waals surface area contributed by atoms with Gasteiger partial charge in [0.1, 0.15) is 34.7 Å². The average molecular weight is 600 g/mol. The molecule has 40 heavy (non-hydrogen) atoms. The number of nitrogens with two attached hydrogens (primary N) is 1. The van der Waals surface area contributed by atoms with Crippen molar-refractivity contribution in [2.45, 2.75) is 57.2 Å². The molecule has 0 saturated heterocycles. The van der Waals surface area contributed by atoms with Gasteiger partial charge in [0.25, 0.3) is 0 Å². The van der Waals surface area contributed by atoms with E-state index in [0.717, 1.165) is 41.6 Å². The highest BCUT2D eigenvalue weighted by molar-refractivity contribution is 7.18. The van der Waals surface area contributed by atoms with Crippen molar-refractivity contribution in [3.05, 3.63) is 79.4 Å². The van der Waals surface area contributed by atoms with Gasteiger partial charge >= 0.3 is 0 Å². The Labute approximate surface area is 242 Å². The molecule has 2 aromatic carbocycles. The minimum Gasteiger partial charge on any atom is -0.493 e. The maximum atomic E-state index is 14.6. The van der Waals surface area contributed by atoms with E-state index in [-0.39, 0.29) is 16.5 Å². The molecule has 1 amide bonds. The van der Waals surface area contributed by atoms with E-state index < -0.39 is 17.8 Å². The SMILES string of the molecule is NC(=O)c1cc(F)c2nc(C(O)C34CCC(OCc5c(-c6c(Cl)cccc6Cl)noc5C5CC5)=C(C3)C4)sc2c1. The fraction of sp³-hybridized carbons (Fsp3) is 0.345. The van der Waals surface area contributed by atoms with Crippen molar-refractivity contribution in [1.29, 1.82) is 0 Å². The van der Waals surface area contributed by atoms with Crippen LogP contribution in [0.1, 0.15) is 77.2 Å². The number of primary amides is 1. The predicted octanol–water partition coefficient (Wildman–Crippen LogP) is 7.45. The van der Waals surface area contributed by atoms with Gasteiger partial charge in [0.15, 0.2) is 5.82 Å². The molecule has 0 spiro atoms. The highest BCUT2D eigenvalue weighted by Crippen LogP contribution is 2.61. The van der Waals surface area contributed by atoms with Crippen molar-refractivity contribution in [3.8, 4) is 11.3 Å². The Bertz CT molecular complexity index is 1700. The van der Waals surface area contributed by atoms with Crippen molar-refractivity contribution >= 4 is 50.7 Å². The molecule has 0 aliphatic heterocycles. The lowest BCUT2D eigenvalue weighted by molar-refractivity contribution is -0.0340. The number of hydrogen-bond acceptors (Lipinski definition) is 7. The van der Waals surface area contributed by atoms with Crippen LogP contribution >= 0.6 is 34.5 Å². The van der Waals surface area contributed by atoms with E-state index >= 15 is 0 Å². The quantitative estimate of drug-likeness (QED) is 0.217. The number of carbonyl (C=O) groups excluding carboxylic acids is 1. The van der Waals surface area contributed by atoms with Gasteiger partial charge in [-0.15, -0.1) is 11.3 Å². The fourth-order valence-corrected chi connectivity index (χ4v) is 7.68. The average Bonchev–Trinajstić information content (AvgIpc) is 3.52. The van der Waals surface area contributed by atoms with E-state index in [1.54, 1.807) is 18.2 Å². The molecular weight excluding hydrogens is 576 g/mol. The summed E-state index contributed by atoms with van der Waals surface area (Å²) in [7, 11) is 0. The first-order valence-corrected chi connectivity index (χ1v) is 14.7.